The molecule has 1 aliphatic heterocycles. The van der Waals surface area contributed by atoms with E-state index in [-0.39, 0.29) is 11.9 Å². The van der Waals surface area contributed by atoms with Crippen molar-refractivity contribution in [2.24, 2.45) is 0 Å². The van der Waals surface area contributed by atoms with Gasteiger partial charge in [-0.25, -0.2) is 4.68 Å². The Morgan fingerprint density at radius 2 is 1.64 bits per heavy atom. The Morgan fingerprint density at radius 3 is 2.38 bits per heavy atom. The molecule has 1 aliphatic rings. The fourth-order valence-electron chi connectivity index (χ4n) is 4.85. The van der Waals surface area contributed by atoms with Crippen LogP contribution < -0.4 is 4.74 Å². The van der Waals surface area contributed by atoms with Crippen LogP contribution in [-0.2, 0) is 11.4 Å². The lowest BCUT2D eigenvalue weighted by atomic mass is 10.1. The Kier molecular flexibility index (Phi) is 8.04. The van der Waals surface area contributed by atoms with Crippen molar-refractivity contribution < 1.29 is 9.53 Å². The summed E-state index contributed by atoms with van der Waals surface area (Å²) in [5.74, 6) is 0.645. The van der Waals surface area contributed by atoms with Crippen LogP contribution in [-0.4, -0.2) is 24.9 Å². The van der Waals surface area contributed by atoms with Gasteiger partial charge in [-0.05, 0) is 55.3 Å². The summed E-state index contributed by atoms with van der Waals surface area (Å²) >= 11 is 7.00. The number of carbonyl (C=O) groups excluding carboxylic acids is 1. The highest BCUT2D eigenvalue weighted by molar-refractivity contribution is 8.26. The summed E-state index contributed by atoms with van der Waals surface area (Å²) in [6.45, 7) is 4.54. The van der Waals surface area contributed by atoms with E-state index in [9.17, 15) is 4.79 Å². The molecular weight excluding hydrogens is 559 g/mol. The second kappa shape index (κ2) is 12.2. The molecule has 0 aliphatic carbocycles. The molecule has 1 atom stereocenters. The highest BCUT2D eigenvalue weighted by Gasteiger charge is 2.36. The zero-order valence-electron chi connectivity index (χ0n) is 23.3. The molecule has 0 saturated carbocycles. The van der Waals surface area contributed by atoms with Crippen LogP contribution in [0.5, 0.6) is 5.75 Å². The first-order valence-corrected chi connectivity index (χ1v) is 14.9. The third-order valence-corrected chi connectivity index (χ3v) is 8.51. The highest BCUT2D eigenvalue weighted by atomic mass is 32.2. The summed E-state index contributed by atoms with van der Waals surface area (Å²) in [6.07, 6.45) is 3.86. The average Bonchev–Trinajstić information content (AvgIpc) is 3.57. The van der Waals surface area contributed by atoms with Crippen LogP contribution in [0.25, 0.3) is 23.0 Å². The van der Waals surface area contributed by atoms with E-state index < -0.39 is 0 Å². The summed E-state index contributed by atoms with van der Waals surface area (Å²) in [6, 6.07) is 36.0. The molecule has 6 rings (SSSR count). The Morgan fingerprint density at radius 1 is 0.929 bits per heavy atom. The lowest BCUT2D eigenvalue weighted by molar-refractivity contribution is -0.123. The third-order valence-electron chi connectivity index (χ3n) is 7.18. The minimum Gasteiger partial charge on any atom is -0.489 e. The minimum atomic E-state index is -0.168. The molecule has 7 heteroatoms. The lowest BCUT2D eigenvalue weighted by Crippen LogP contribution is -2.30. The summed E-state index contributed by atoms with van der Waals surface area (Å²) in [5.41, 5.74) is 6.75. The fourth-order valence-corrected chi connectivity index (χ4v) is 6.26. The second-order valence-corrected chi connectivity index (χ2v) is 11.8. The van der Waals surface area contributed by atoms with Gasteiger partial charge in [0.15, 0.2) is 0 Å². The number of aryl methyl sites for hydroxylation is 1. The van der Waals surface area contributed by atoms with E-state index in [0.717, 1.165) is 39.4 Å². The second-order valence-electron chi connectivity index (χ2n) is 10.2. The van der Waals surface area contributed by atoms with Crippen molar-refractivity contribution in [3.05, 3.63) is 143 Å². The number of amides is 1. The number of ether oxygens (including phenoxy) is 1. The van der Waals surface area contributed by atoms with Crippen LogP contribution in [0.15, 0.2) is 120 Å². The molecule has 0 N–H and O–H groups in total. The molecule has 1 amide bonds. The molecule has 4 aromatic carbocycles. The maximum atomic E-state index is 13.7. The molecule has 5 nitrogen and oxygen atoms in total. The number of hydrogen-bond donors (Lipinski definition) is 0. The van der Waals surface area contributed by atoms with E-state index in [0.29, 0.717) is 15.8 Å². The number of hydrogen-bond acceptors (Lipinski definition) is 5. The third kappa shape index (κ3) is 5.93. The van der Waals surface area contributed by atoms with E-state index in [1.165, 1.54) is 17.3 Å². The molecule has 1 saturated heterocycles. The van der Waals surface area contributed by atoms with Crippen LogP contribution in [0.3, 0.4) is 0 Å². The van der Waals surface area contributed by atoms with E-state index in [1.54, 1.807) is 4.90 Å². The van der Waals surface area contributed by atoms with Crippen molar-refractivity contribution in [1.82, 2.24) is 14.7 Å². The summed E-state index contributed by atoms with van der Waals surface area (Å²) < 4.78 is 8.53. The van der Waals surface area contributed by atoms with Gasteiger partial charge < -0.3 is 4.74 Å². The number of thiocarbonyl (C=S) groups is 1. The van der Waals surface area contributed by atoms with E-state index in [4.69, 9.17) is 22.1 Å². The van der Waals surface area contributed by atoms with Crippen LogP contribution >= 0.6 is 24.0 Å². The molecule has 1 aromatic heterocycles. The summed E-state index contributed by atoms with van der Waals surface area (Å²) in [7, 11) is 0. The Bertz CT molecular complexity index is 1760. The first-order chi connectivity index (χ1) is 20.5. The number of para-hydroxylation sites is 1. The van der Waals surface area contributed by atoms with Gasteiger partial charge in [-0.1, -0.05) is 114 Å². The van der Waals surface area contributed by atoms with Crippen LogP contribution in [0.4, 0.5) is 0 Å². The molecular formula is C35H29N3O2S2. The highest BCUT2D eigenvalue weighted by Crippen LogP contribution is 2.39. The zero-order valence-corrected chi connectivity index (χ0v) is 24.9. The Hall–Kier alpha value is -4.46. The average molecular weight is 588 g/mol. The first-order valence-electron chi connectivity index (χ1n) is 13.7. The SMILES string of the molecule is Cc1ccc(COc2cccc(-c3nn(-c4ccccc4)cc3/C=C3\SC(=S)N(C(C)c4ccccc4)C3=O)c2)cc1. The molecule has 0 radical (unpaired) electrons. The smallest absolute Gasteiger partial charge is 0.266 e. The normalized spacial score (nSPS) is 14.9. The zero-order chi connectivity index (χ0) is 29.1. The summed E-state index contributed by atoms with van der Waals surface area (Å²) in [4.78, 5) is 15.9. The van der Waals surface area contributed by atoms with Gasteiger partial charge in [0.1, 0.15) is 22.4 Å². The summed E-state index contributed by atoms with van der Waals surface area (Å²) in [5, 5.41) is 4.96. The van der Waals surface area contributed by atoms with Crippen molar-refractivity contribution in [3.63, 3.8) is 0 Å². The van der Waals surface area contributed by atoms with Gasteiger partial charge in [0.2, 0.25) is 0 Å². The van der Waals surface area contributed by atoms with Gasteiger partial charge in [0, 0.05) is 17.3 Å². The van der Waals surface area contributed by atoms with Crippen molar-refractivity contribution in [2.75, 3.05) is 0 Å². The minimum absolute atomic E-state index is 0.102. The molecule has 1 fully saturated rings. The molecule has 0 spiro atoms. The number of nitrogens with zero attached hydrogens (tertiary/aromatic N) is 3. The quantitative estimate of drug-likeness (QED) is 0.135. The number of aromatic nitrogens is 2. The molecule has 0 bridgehead atoms. The maximum absolute atomic E-state index is 13.7. The number of thioether (sulfide) groups is 1. The Labute approximate surface area is 255 Å². The Balaban J connectivity index is 1.33. The number of carbonyl (C=O) groups is 1. The molecule has 5 aromatic rings. The van der Waals surface area contributed by atoms with Crippen LogP contribution in [0.2, 0.25) is 0 Å². The molecule has 2 heterocycles. The van der Waals surface area contributed by atoms with Gasteiger partial charge in [-0.15, -0.1) is 0 Å². The van der Waals surface area contributed by atoms with Crippen molar-refractivity contribution in [2.45, 2.75) is 26.5 Å². The largest absolute Gasteiger partial charge is 0.489 e. The van der Waals surface area contributed by atoms with Gasteiger partial charge in [-0.2, -0.15) is 5.10 Å². The standard InChI is InChI=1S/C35H29N3O2S2/c1-24-16-18-26(19-17-24)23-40-31-15-9-12-28(20-31)33-29(22-37(36-33)30-13-7-4-8-14-30)21-32-34(39)38(35(41)42-32)25(2)27-10-5-3-6-11-27/h3-22,25H,23H2,1-2H3/b32-21-. The molecule has 42 heavy (non-hydrogen) atoms. The van der Waals surface area contributed by atoms with Crippen molar-refractivity contribution in [1.29, 1.82) is 0 Å². The maximum Gasteiger partial charge on any atom is 0.266 e. The lowest BCUT2D eigenvalue weighted by Gasteiger charge is -2.23. The van der Waals surface area contributed by atoms with Crippen LogP contribution in [0, 0.1) is 6.92 Å². The molecule has 208 valence electrons. The van der Waals surface area contributed by atoms with Gasteiger partial charge in [-0.3, -0.25) is 9.69 Å². The van der Waals surface area contributed by atoms with Gasteiger partial charge in [0.05, 0.1) is 16.6 Å². The predicted molar refractivity (Wildman–Crippen MR) is 174 cm³/mol. The van der Waals surface area contributed by atoms with Crippen molar-refractivity contribution >= 4 is 40.3 Å². The van der Waals surface area contributed by atoms with Gasteiger partial charge in [0.25, 0.3) is 5.91 Å². The number of rotatable bonds is 8. The van der Waals surface area contributed by atoms with E-state index in [1.807, 2.05) is 109 Å². The first kappa shape index (κ1) is 27.7. The van der Waals surface area contributed by atoms with Gasteiger partial charge >= 0.3 is 0 Å². The predicted octanol–water partition coefficient (Wildman–Crippen LogP) is 8.39. The van der Waals surface area contributed by atoms with Crippen molar-refractivity contribution in [3.8, 4) is 22.7 Å². The monoisotopic (exact) mass is 587 g/mol. The number of benzene rings is 4. The van der Waals surface area contributed by atoms with E-state index in [2.05, 4.69) is 31.2 Å². The fraction of sp³-hybridized carbons (Fsp3) is 0.114. The van der Waals surface area contributed by atoms with E-state index >= 15 is 0 Å². The topological polar surface area (TPSA) is 47.4 Å². The molecule has 1 unspecified atom stereocenters. The van der Waals surface area contributed by atoms with Crippen LogP contribution in [0.1, 0.15) is 35.2 Å².